The van der Waals surface area contributed by atoms with E-state index in [1.165, 1.54) is 29.3 Å². The number of carbonyl (C=O) groups is 1. The molecule has 0 radical (unpaired) electrons. The Bertz CT molecular complexity index is 825. The van der Waals surface area contributed by atoms with Gasteiger partial charge in [-0.15, -0.1) is 0 Å². The molecule has 3 atom stereocenters. The van der Waals surface area contributed by atoms with E-state index >= 15 is 0 Å². The summed E-state index contributed by atoms with van der Waals surface area (Å²) in [5, 5.41) is 3.08. The minimum atomic E-state index is -0.0172. The molecule has 0 saturated heterocycles. The number of pyridine rings is 1. The monoisotopic (exact) mass is 410 g/mol. The van der Waals surface area contributed by atoms with Crippen LogP contribution in [0.5, 0.6) is 0 Å². The van der Waals surface area contributed by atoms with Crippen molar-refractivity contribution in [1.29, 1.82) is 0 Å². The number of rotatable bonds is 4. The molecule has 0 bridgehead atoms. The van der Waals surface area contributed by atoms with Gasteiger partial charge in [-0.25, -0.2) is 0 Å². The average molecular weight is 411 g/mol. The molecule has 4 heteroatoms. The van der Waals surface area contributed by atoms with Gasteiger partial charge in [-0.3, -0.25) is 9.78 Å². The third-order valence-electron chi connectivity index (χ3n) is 6.25. The maximum absolute atomic E-state index is 12.6. The van der Waals surface area contributed by atoms with E-state index in [0.29, 0.717) is 17.6 Å². The molecule has 0 spiro atoms. The first-order valence-corrected chi connectivity index (χ1v) is 11.7. The Morgan fingerprint density at radius 2 is 1.83 bits per heavy atom. The number of anilines is 1. The van der Waals surface area contributed by atoms with Crippen molar-refractivity contribution in [3.8, 4) is 0 Å². The molecule has 0 aliphatic heterocycles. The average Bonchev–Trinajstić information content (AvgIpc) is 2.69. The molecule has 29 heavy (non-hydrogen) atoms. The molecule has 1 aliphatic carbocycles. The van der Waals surface area contributed by atoms with Crippen molar-refractivity contribution < 1.29 is 4.79 Å². The molecule has 1 aromatic carbocycles. The molecule has 2 aromatic rings. The smallest absolute Gasteiger partial charge is 0.283 e. The Labute approximate surface area is 180 Å². The summed E-state index contributed by atoms with van der Waals surface area (Å²) in [5.74, 6) is 2.58. The molecular formula is C25H34N2OS. The number of nitrogens with zero attached hydrogens (tertiary/aromatic N) is 1. The van der Waals surface area contributed by atoms with Crippen LogP contribution in [0.25, 0.3) is 0 Å². The van der Waals surface area contributed by atoms with Gasteiger partial charge < -0.3 is 5.32 Å². The number of nitrogens with one attached hydrogen (secondary N) is 1. The summed E-state index contributed by atoms with van der Waals surface area (Å²) >= 11 is 1.32. The fraction of sp³-hybridized carbons (Fsp3) is 0.520. The topological polar surface area (TPSA) is 42.0 Å². The highest BCUT2D eigenvalue weighted by atomic mass is 32.2. The third-order valence-corrected chi connectivity index (χ3v) is 7.09. The highest BCUT2D eigenvalue weighted by molar-refractivity contribution is 8.13. The lowest BCUT2D eigenvalue weighted by atomic mass is 9.74. The van der Waals surface area contributed by atoms with E-state index in [4.69, 9.17) is 0 Å². The molecule has 1 amide bonds. The second-order valence-corrected chi connectivity index (χ2v) is 10.5. The summed E-state index contributed by atoms with van der Waals surface area (Å²) in [7, 11) is 0. The number of hydrogen-bond donors (Lipinski definition) is 1. The second-order valence-electron chi connectivity index (χ2n) is 9.55. The highest BCUT2D eigenvalue weighted by Gasteiger charge is 2.28. The minimum absolute atomic E-state index is 0.0172. The van der Waals surface area contributed by atoms with Gasteiger partial charge in [-0.2, -0.15) is 0 Å². The van der Waals surface area contributed by atoms with Crippen molar-refractivity contribution in [2.24, 2.45) is 11.8 Å². The summed E-state index contributed by atoms with van der Waals surface area (Å²) in [6.07, 6.45) is 5.37. The normalized spacial score (nSPS) is 22.3. The van der Waals surface area contributed by atoms with E-state index in [1.807, 2.05) is 18.3 Å². The molecule has 1 N–H and O–H groups in total. The van der Waals surface area contributed by atoms with E-state index in [1.54, 1.807) is 0 Å². The molecule has 1 saturated carbocycles. The first kappa shape index (κ1) is 21.9. The highest BCUT2D eigenvalue weighted by Crippen LogP contribution is 2.40. The number of hydrogen-bond acceptors (Lipinski definition) is 3. The Morgan fingerprint density at radius 1 is 1.10 bits per heavy atom. The van der Waals surface area contributed by atoms with Gasteiger partial charge in [0.25, 0.3) is 5.24 Å². The van der Waals surface area contributed by atoms with Gasteiger partial charge in [0, 0.05) is 17.9 Å². The summed E-state index contributed by atoms with van der Waals surface area (Å²) < 4.78 is 0. The molecule has 3 nitrogen and oxygen atoms in total. The number of amides is 1. The van der Waals surface area contributed by atoms with E-state index in [9.17, 15) is 4.79 Å². The molecule has 3 rings (SSSR count). The zero-order valence-corrected chi connectivity index (χ0v) is 19.2. The Morgan fingerprint density at radius 3 is 2.48 bits per heavy atom. The quantitative estimate of drug-likeness (QED) is 0.571. The van der Waals surface area contributed by atoms with E-state index in [-0.39, 0.29) is 10.7 Å². The summed E-state index contributed by atoms with van der Waals surface area (Å²) in [6.45, 7) is 11.3. The number of benzene rings is 1. The molecule has 156 valence electrons. The zero-order chi connectivity index (χ0) is 21.0. The Kier molecular flexibility index (Phi) is 7.05. The van der Waals surface area contributed by atoms with Crippen molar-refractivity contribution >= 4 is 22.7 Å². The van der Waals surface area contributed by atoms with Gasteiger partial charge in [0.15, 0.2) is 0 Å². The van der Waals surface area contributed by atoms with Crippen molar-refractivity contribution in [1.82, 2.24) is 4.98 Å². The van der Waals surface area contributed by atoms with Crippen LogP contribution in [0, 0.1) is 11.8 Å². The van der Waals surface area contributed by atoms with Crippen molar-refractivity contribution in [3.05, 3.63) is 59.4 Å². The van der Waals surface area contributed by atoms with Crippen molar-refractivity contribution in [2.75, 3.05) is 5.32 Å². The van der Waals surface area contributed by atoms with Crippen molar-refractivity contribution in [2.45, 2.75) is 71.0 Å². The van der Waals surface area contributed by atoms with E-state index < -0.39 is 0 Å². The molecule has 1 fully saturated rings. The number of thioether (sulfide) groups is 1. The standard InChI is InChI=1S/C25H34N2OS/c1-17-8-11-20(15-18(17)2)23-22(7-6-14-26-23)27-24(28)29-16-19-9-12-21(13-10-19)25(3,4)5/h6-7,9-10,12-14,17-18,20H,8,11,15-16H2,1-5H3,(H,27,28). The van der Waals surface area contributed by atoms with E-state index in [0.717, 1.165) is 30.1 Å². The lowest BCUT2D eigenvalue weighted by Crippen LogP contribution is -2.21. The fourth-order valence-corrected chi connectivity index (χ4v) is 4.71. The molecule has 3 unspecified atom stereocenters. The fourth-order valence-electron chi connectivity index (χ4n) is 4.04. The van der Waals surface area contributed by atoms with Gasteiger partial charge in [0.2, 0.25) is 0 Å². The summed E-state index contributed by atoms with van der Waals surface area (Å²) in [5.41, 5.74) is 4.55. The van der Waals surface area contributed by atoms with E-state index in [2.05, 4.69) is 69.2 Å². The van der Waals surface area contributed by atoms with Crippen LogP contribution in [-0.2, 0) is 11.2 Å². The molecule has 1 aliphatic rings. The van der Waals surface area contributed by atoms with Gasteiger partial charge >= 0.3 is 0 Å². The molecule has 1 aromatic heterocycles. The zero-order valence-electron chi connectivity index (χ0n) is 18.4. The van der Waals surface area contributed by atoms with Crippen LogP contribution in [0.3, 0.4) is 0 Å². The summed E-state index contributed by atoms with van der Waals surface area (Å²) in [4.78, 5) is 17.2. The maximum atomic E-state index is 12.6. The maximum Gasteiger partial charge on any atom is 0.283 e. The second kappa shape index (κ2) is 9.34. The van der Waals surface area contributed by atoms with Gasteiger partial charge in [-0.1, -0.05) is 70.6 Å². The van der Waals surface area contributed by atoms with Crippen molar-refractivity contribution in [3.63, 3.8) is 0 Å². The van der Waals surface area contributed by atoms with Gasteiger partial charge in [0.1, 0.15) is 0 Å². The minimum Gasteiger partial charge on any atom is -0.315 e. The first-order chi connectivity index (χ1) is 13.7. The van der Waals surface area contributed by atoms with Crippen LogP contribution in [0.15, 0.2) is 42.6 Å². The molecular weight excluding hydrogens is 376 g/mol. The summed E-state index contributed by atoms with van der Waals surface area (Å²) in [6, 6.07) is 12.5. The Hall–Kier alpha value is -1.81. The first-order valence-electron chi connectivity index (χ1n) is 10.7. The van der Waals surface area contributed by atoms with Crippen LogP contribution >= 0.6 is 11.8 Å². The number of aromatic nitrogens is 1. The molecule has 1 heterocycles. The SMILES string of the molecule is CC1CCC(c2ncccc2NC(=O)SCc2ccc(C(C)(C)C)cc2)CC1C. The van der Waals surface area contributed by atoms with Gasteiger partial charge in [-0.05, 0) is 59.8 Å². The van der Waals surface area contributed by atoms with Gasteiger partial charge in [0.05, 0.1) is 11.4 Å². The lowest BCUT2D eigenvalue weighted by molar-refractivity contribution is 0.248. The van der Waals surface area contributed by atoms with Crippen LogP contribution in [0.4, 0.5) is 10.5 Å². The van der Waals surface area contributed by atoms with Crippen LogP contribution in [0.2, 0.25) is 0 Å². The third kappa shape index (κ3) is 5.85. The van der Waals surface area contributed by atoms with Crippen LogP contribution in [0.1, 0.15) is 76.6 Å². The number of carbonyl (C=O) groups excluding carboxylic acids is 1. The predicted molar refractivity (Wildman–Crippen MR) is 125 cm³/mol. The van der Waals surface area contributed by atoms with Crippen LogP contribution in [-0.4, -0.2) is 10.2 Å². The Balaban J connectivity index is 1.60. The van der Waals surface area contributed by atoms with Crippen LogP contribution < -0.4 is 5.32 Å². The predicted octanol–water partition coefficient (Wildman–Crippen LogP) is 7.38. The largest absolute Gasteiger partial charge is 0.315 e. The lowest BCUT2D eigenvalue weighted by Gasteiger charge is -2.32.